The predicted molar refractivity (Wildman–Crippen MR) is 135 cm³/mol. The van der Waals surface area contributed by atoms with Gasteiger partial charge in [0.25, 0.3) is 0 Å². The lowest BCUT2D eigenvalue weighted by molar-refractivity contribution is 0.394. The normalized spacial score (nSPS) is 16.2. The molecule has 0 bridgehead atoms. The van der Waals surface area contributed by atoms with Gasteiger partial charge in [-0.1, -0.05) is 6.92 Å². The number of thiazole rings is 1. The average molecular weight is 545 g/mol. The molecular weight excluding hydrogens is 513 g/mol. The monoisotopic (exact) mass is 545 g/mol. The summed E-state index contributed by atoms with van der Waals surface area (Å²) >= 11 is 1.73. The number of ether oxygens (including phenoxy) is 2. The summed E-state index contributed by atoms with van der Waals surface area (Å²) in [5.74, 6) is 2.46. The highest BCUT2D eigenvalue weighted by Crippen LogP contribution is 2.30. The lowest BCUT2D eigenvalue weighted by Gasteiger charge is -2.21. The Bertz CT molecular complexity index is 807. The van der Waals surface area contributed by atoms with Crippen molar-refractivity contribution in [2.45, 2.75) is 39.3 Å². The molecule has 0 aliphatic carbocycles. The summed E-state index contributed by atoms with van der Waals surface area (Å²) in [6, 6.07) is 6.33. The highest BCUT2D eigenvalue weighted by Gasteiger charge is 2.24. The van der Waals surface area contributed by atoms with Crippen LogP contribution in [0.2, 0.25) is 0 Å². The van der Waals surface area contributed by atoms with Crippen molar-refractivity contribution in [3.05, 3.63) is 34.3 Å². The van der Waals surface area contributed by atoms with Gasteiger partial charge in [0.1, 0.15) is 16.5 Å². The van der Waals surface area contributed by atoms with Crippen molar-refractivity contribution in [2.75, 3.05) is 38.8 Å². The summed E-state index contributed by atoms with van der Waals surface area (Å²) in [7, 11) is 3.36. The van der Waals surface area contributed by atoms with E-state index < -0.39 is 0 Å². The van der Waals surface area contributed by atoms with Gasteiger partial charge in [0.15, 0.2) is 5.96 Å². The Hall–Kier alpha value is -1.75. The van der Waals surface area contributed by atoms with Crippen LogP contribution in [0.3, 0.4) is 0 Å². The second-order valence-electron chi connectivity index (χ2n) is 6.92. The third-order valence-electron chi connectivity index (χ3n) is 4.90. The van der Waals surface area contributed by atoms with Gasteiger partial charge in [0.05, 0.1) is 20.8 Å². The predicted octanol–water partition coefficient (Wildman–Crippen LogP) is 3.67. The summed E-state index contributed by atoms with van der Waals surface area (Å²) in [4.78, 5) is 12.8. The summed E-state index contributed by atoms with van der Waals surface area (Å²) in [6.07, 6.45) is 4.01. The van der Waals surface area contributed by atoms with Crippen LogP contribution >= 0.6 is 35.3 Å². The second-order valence-corrected chi connectivity index (χ2v) is 8.12. The minimum atomic E-state index is 0. The molecule has 30 heavy (non-hydrogen) atoms. The minimum Gasteiger partial charge on any atom is -0.497 e. The van der Waals surface area contributed by atoms with Crippen LogP contribution in [-0.2, 0) is 13.0 Å². The van der Waals surface area contributed by atoms with Crippen molar-refractivity contribution in [3.8, 4) is 11.5 Å². The van der Waals surface area contributed by atoms with Crippen molar-refractivity contribution in [1.29, 1.82) is 0 Å². The largest absolute Gasteiger partial charge is 0.497 e. The highest BCUT2D eigenvalue weighted by atomic mass is 127. The maximum atomic E-state index is 5.41. The number of methoxy groups -OCH3 is 2. The molecule has 0 saturated carbocycles. The first-order chi connectivity index (χ1) is 14.1. The molecule has 2 aromatic rings. The summed E-state index contributed by atoms with van der Waals surface area (Å²) in [5, 5.41) is 7.98. The molecule has 2 heterocycles. The smallest absolute Gasteiger partial charge is 0.191 e. The van der Waals surface area contributed by atoms with Gasteiger partial charge in [0, 0.05) is 60.6 Å². The molecule has 0 amide bonds. The van der Waals surface area contributed by atoms with Crippen molar-refractivity contribution < 1.29 is 9.47 Å². The number of benzene rings is 1. The van der Waals surface area contributed by atoms with Crippen LogP contribution in [0.4, 0.5) is 5.69 Å². The van der Waals surface area contributed by atoms with Crippen LogP contribution in [0.15, 0.2) is 29.4 Å². The lowest BCUT2D eigenvalue weighted by atomic mass is 10.2. The summed E-state index contributed by atoms with van der Waals surface area (Å²) in [6.45, 7) is 7.53. The number of hydrogen-bond acceptors (Lipinski definition) is 6. The number of aryl methyl sites for hydroxylation is 1. The number of hydrogen-bond donors (Lipinski definition) is 2. The zero-order chi connectivity index (χ0) is 20.6. The van der Waals surface area contributed by atoms with E-state index in [0.29, 0.717) is 12.6 Å². The molecule has 1 aromatic heterocycles. The molecule has 0 radical (unpaired) electrons. The Morgan fingerprint density at radius 3 is 2.57 bits per heavy atom. The number of nitrogens with one attached hydrogen (secondary N) is 2. The quantitative estimate of drug-likeness (QED) is 0.300. The van der Waals surface area contributed by atoms with Crippen molar-refractivity contribution in [1.82, 2.24) is 15.6 Å². The number of halogens is 1. The molecule has 3 rings (SSSR count). The van der Waals surface area contributed by atoms with E-state index in [2.05, 4.69) is 46.5 Å². The first kappa shape index (κ1) is 24.5. The Morgan fingerprint density at radius 1 is 1.23 bits per heavy atom. The van der Waals surface area contributed by atoms with E-state index in [-0.39, 0.29) is 24.0 Å². The van der Waals surface area contributed by atoms with Crippen LogP contribution in [-0.4, -0.2) is 50.8 Å². The van der Waals surface area contributed by atoms with Crippen LogP contribution in [0.1, 0.15) is 30.2 Å². The van der Waals surface area contributed by atoms with E-state index in [1.807, 2.05) is 12.3 Å². The van der Waals surface area contributed by atoms with Gasteiger partial charge >= 0.3 is 0 Å². The van der Waals surface area contributed by atoms with Crippen LogP contribution in [0, 0.1) is 0 Å². The first-order valence-corrected chi connectivity index (χ1v) is 10.9. The molecule has 1 aliphatic rings. The lowest BCUT2D eigenvalue weighted by Crippen LogP contribution is -2.44. The number of guanidine groups is 1. The molecular formula is C21H32IN5O2S. The number of nitrogens with zero attached hydrogens (tertiary/aromatic N) is 3. The van der Waals surface area contributed by atoms with Gasteiger partial charge in [-0.2, -0.15) is 0 Å². The third kappa shape index (κ3) is 6.63. The maximum Gasteiger partial charge on any atom is 0.191 e. The Morgan fingerprint density at radius 2 is 1.97 bits per heavy atom. The molecule has 1 unspecified atom stereocenters. The van der Waals surface area contributed by atoms with E-state index >= 15 is 0 Å². The average Bonchev–Trinajstić information content (AvgIpc) is 3.41. The first-order valence-electron chi connectivity index (χ1n) is 10.1. The van der Waals surface area contributed by atoms with Crippen LogP contribution in [0.5, 0.6) is 11.5 Å². The molecule has 1 aliphatic heterocycles. The van der Waals surface area contributed by atoms with Gasteiger partial charge in [-0.15, -0.1) is 35.3 Å². The highest BCUT2D eigenvalue weighted by molar-refractivity contribution is 14.0. The molecule has 1 fully saturated rings. The van der Waals surface area contributed by atoms with E-state index in [1.165, 1.54) is 4.88 Å². The number of aromatic nitrogens is 1. The van der Waals surface area contributed by atoms with Gasteiger partial charge < -0.3 is 25.0 Å². The molecule has 1 aromatic carbocycles. The minimum absolute atomic E-state index is 0. The molecule has 2 N–H and O–H groups in total. The standard InChI is InChI=1S/C21H31N5O2S.HI/c1-5-19-12-23-20(29-19)13-24-21(22-6-2)25-15-7-8-26(14-15)16-9-17(27-3)11-18(10-16)28-4;/h9-12,15H,5-8,13-14H2,1-4H3,(H2,22,24,25);1H. The van der Waals surface area contributed by atoms with E-state index in [4.69, 9.17) is 14.5 Å². The van der Waals surface area contributed by atoms with Gasteiger partial charge in [-0.3, -0.25) is 0 Å². The van der Waals surface area contributed by atoms with Crippen molar-refractivity contribution in [3.63, 3.8) is 0 Å². The van der Waals surface area contributed by atoms with Crippen LogP contribution < -0.4 is 25.0 Å². The molecule has 1 saturated heterocycles. The fourth-order valence-electron chi connectivity index (χ4n) is 3.33. The Kier molecular flexibility index (Phi) is 9.96. The van der Waals surface area contributed by atoms with Gasteiger partial charge in [0.2, 0.25) is 0 Å². The van der Waals surface area contributed by atoms with Gasteiger partial charge in [-0.25, -0.2) is 9.98 Å². The van der Waals surface area contributed by atoms with E-state index in [0.717, 1.165) is 60.6 Å². The molecule has 9 heteroatoms. The van der Waals surface area contributed by atoms with Crippen LogP contribution in [0.25, 0.3) is 0 Å². The summed E-state index contributed by atoms with van der Waals surface area (Å²) < 4.78 is 10.8. The van der Waals surface area contributed by atoms with Gasteiger partial charge in [-0.05, 0) is 19.8 Å². The molecule has 166 valence electrons. The fourth-order valence-corrected chi connectivity index (χ4v) is 4.12. The zero-order valence-corrected chi connectivity index (χ0v) is 21.3. The topological polar surface area (TPSA) is 71.0 Å². The summed E-state index contributed by atoms with van der Waals surface area (Å²) in [5.41, 5.74) is 1.11. The second kappa shape index (κ2) is 12.2. The number of anilines is 1. The fraction of sp³-hybridized carbons (Fsp3) is 0.524. The Labute approximate surface area is 200 Å². The van der Waals surface area contributed by atoms with Crippen molar-refractivity contribution >= 4 is 47.0 Å². The SMILES string of the molecule is CCNC(=NCc1ncc(CC)s1)NC1CCN(c2cc(OC)cc(OC)c2)C1.I. The van der Waals surface area contributed by atoms with E-state index in [1.54, 1.807) is 25.6 Å². The van der Waals surface area contributed by atoms with Crippen molar-refractivity contribution in [2.24, 2.45) is 4.99 Å². The zero-order valence-electron chi connectivity index (χ0n) is 18.1. The third-order valence-corrected chi connectivity index (χ3v) is 6.02. The molecule has 7 nitrogen and oxygen atoms in total. The Balaban J connectivity index is 0.00000320. The number of aliphatic imine (C=N–C) groups is 1. The number of rotatable bonds is 8. The molecule has 1 atom stereocenters. The van der Waals surface area contributed by atoms with E-state index in [9.17, 15) is 0 Å². The molecule has 0 spiro atoms. The maximum absolute atomic E-state index is 5.41.